The average Bonchev–Trinajstić information content (AvgIpc) is 2.82. The molecule has 5 rings (SSSR count). The van der Waals surface area contributed by atoms with Crippen LogP contribution in [0.4, 0.5) is 4.79 Å². The van der Waals surface area contributed by atoms with E-state index in [-0.39, 0.29) is 28.6 Å². The number of carbonyl (C=O) groups is 1. The van der Waals surface area contributed by atoms with Gasteiger partial charge in [-0.15, -0.1) is 0 Å². The second-order valence-corrected chi connectivity index (χ2v) is 14.7. The third-order valence-corrected chi connectivity index (χ3v) is 9.62. The maximum atomic E-state index is 12.7. The van der Waals surface area contributed by atoms with Crippen LogP contribution in [0.2, 0.25) is 0 Å². The van der Waals surface area contributed by atoms with E-state index in [2.05, 4.69) is 12.1 Å². The van der Waals surface area contributed by atoms with E-state index in [1.165, 1.54) is 5.56 Å². The molecule has 3 aliphatic rings. The first-order valence-corrected chi connectivity index (χ1v) is 15.3. The number of amides is 1. The SMILES string of the molecule is CC1(CS(=O)(=O)Cc2ccc(-c3ccc4c(c3)CCC3(CCN(C(=O)OC(C)(C)C)CC3)O4)cc2)COC1. The zero-order chi connectivity index (χ0) is 27.2. The highest BCUT2D eigenvalue weighted by Crippen LogP contribution is 2.41. The Morgan fingerprint density at radius 2 is 1.66 bits per heavy atom. The van der Waals surface area contributed by atoms with Crippen LogP contribution >= 0.6 is 0 Å². The number of carbonyl (C=O) groups excluding carboxylic acids is 1. The summed E-state index contributed by atoms with van der Waals surface area (Å²) in [4.78, 5) is 14.2. The Morgan fingerprint density at radius 3 is 2.26 bits per heavy atom. The van der Waals surface area contributed by atoms with Gasteiger partial charge in [0.2, 0.25) is 0 Å². The van der Waals surface area contributed by atoms with Gasteiger partial charge >= 0.3 is 6.09 Å². The molecule has 0 N–H and O–H groups in total. The number of aryl methyl sites for hydroxylation is 1. The number of fused-ring (bicyclic) bond motifs is 1. The van der Waals surface area contributed by atoms with E-state index in [1.54, 1.807) is 4.90 Å². The molecule has 7 nitrogen and oxygen atoms in total. The van der Waals surface area contributed by atoms with Gasteiger partial charge < -0.3 is 19.1 Å². The van der Waals surface area contributed by atoms with Crippen LogP contribution in [0.15, 0.2) is 42.5 Å². The third kappa shape index (κ3) is 6.18. The molecule has 2 fully saturated rings. The van der Waals surface area contributed by atoms with E-state index in [1.807, 2.05) is 58.0 Å². The molecule has 0 atom stereocenters. The molecule has 38 heavy (non-hydrogen) atoms. The predicted octanol–water partition coefficient (Wildman–Crippen LogP) is 5.40. The highest BCUT2D eigenvalue weighted by atomic mass is 32.2. The van der Waals surface area contributed by atoms with Gasteiger partial charge in [0.15, 0.2) is 9.84 Å². The van der Waals surface area contributed by atoms with Crippen LogP contribution in [0.3, 0.4) is 0 Å². The molecule has 1 amide bonds. The molecule has 2 aromatic carbocycles. The van der Waals surface area contributed by atoms with Gasteiger partial charge in [-0.1, -0.05) is 37.3 Å². The minimum absolute atomic E-state index is 0.0499. The Balaban J connectivity index is 1.20. The van der Waals surface area contributed by atoms with E-state index in [0.717, 1.165) is 48.1 Å². The highest BCUT2D eigenvalue weighted by molar-refractivity contribution is 7.90. The van der Waals surface area contributed by atoms with E-state index >= 15 is 0 Å². The van der Waals surface area contributed by atoms with E-state index in [4.69, 9.17) is 14.2 Å². The molecular formula is C30H39NO6S. The number of sulfone groups is 1. The molecule has 1 spiro atoms. The maximum absolute atomic E-state index is 12.7. The summed E-state index contributed by atoms with van der Waals surface area (Å²) >= 11 is 0. The number of nitrogens with zero attached hydrogens (tertiary/aromatic N) is 1. The standard InChI is InChI=1S/C30H39NO6S/c1-28(2,3)37-27(32)31-15-13-30(14-16-31)12-11-25-17-24(9-10-26(25)36-30)23-7-5-22(6-8-23)18-38(33,34)21-29(4)19-35-20-29/h5-10,17H,11-16,18-21H2,1-4H3. The summed E-state index contributed by atoms with van der Waals surface area (Å²) in [6.07, 6.45) is 3.19. The molecule has 0 aliphatic carbocycles. The van der Waals surface area contributed by atoms with Gasteiger partial charge in [-0.2, -0.15) is 0 Å². The lowest BCUT2D eigenvalue weighted by Gasteiger charge is -2.44. The van der Waals surface area contributed by atoms with Crippen molar-refractivity contribution in [2.45, 2.75) is 70.3 Å². The van der Waals surface area contributed by atoms with Crippen molar-refractivity contribution < 1.29 is 27.4 Å². The lowest BCUT2D eigenvalue weighted by Crippen LogP contribution is -2.52. The topological polar surface area (TPSA) is 82.1 Å². The summed E-state index contributed by atoms with van der Waals surface area (Å²) in [7, 11) is -3.20. The molecule has 2 aromatic rings. The smallest absolute Gasteiger partial charge is 0.410 e. The van der Waals surface area contributed by atoms with Crippen LogP contribution < -0.4 is 4.74 Å². The van der Waals surface area contributed by atoms with E-state index in [0.29, 0.717) is 26.3 Å². The minimum Gasteiger partial charge on any atom is -0.487 e. The van der Waals surface area contributed by atoms with Gasteiger partial charge in [-0.3, -0.25) is 0 Å². The fourth-order valence-corrected chi connectivity index (χ4v) is 7.67. The summed E-state index contributed by atoms with van der Waals surface area (Å²) < 4.78 is 42.6. The van der Waals surface area contributed by atoms with Crippen molar-refractivity contribution in [3.05, 3.63) is 53.6 Å². The third-order valence-electron chi connectivity index (χ3n) is 7.71. The van der Waals surface area contributed by atoms with Gasteiger partial charge in [0.05, 0.1) is 24.7 Å². The summed E-state index contributed by atoms with van der Waals surface area (Å²) in [5.74, 6) is 1.13. The minimum atomic E-state index is -3.20. The monoisotopic (exact) mass is 541 g/mol. The van der Waals surface area contributed by atoms with Gasteiger partial charge in [0.1, 0.15) is 17.0 Å². The number of likely N-dealkylation sites (tertiary alicyclic amines) is 1. The number of benzene rings is 2. The molecule has 8 heteroatoms. The van der Waals surface area contributed by atoms with Gasteiger partial charge in [-0.05, 0) is 68.0 Å². The molecule has 0 saturated carbocycles. The number of hydrogen-bond donors (Lipinski definition) is 0. The Bertz CT molecular complexity index is 1280. The molecule has 0 unspecified atom stereocenters. The number of rotatable bonds is 5. The molecule has 0 radical (unpaired) electrons. The number of hydrogen-bond acceptors (Lipinski definition) is 6. The molecule has 0 bridgehead atoms. The van der Waals surface area contributed by atoms with E-state index < -0.39 is 15.4 Å². The normalized spacial score (nSPS) is 20.3. The summed E-state index contributed by atoms with van der Waals surface area (Å²) in [5.41, 5.74) is 3.16. The van der Waals surface area contributed by atoms with Gasteiger partial charge in [-0.25, -0.2) is 13.2 Å². The first-order chi connectivity index (χ1) is 17.8. The maximum Gasteiger partial charge on any atom is 0.410 e. The quantitative estimate of drug-likeness (QED) is 0.504. The largest absolute Gasteiger partial charge is 0.487 e. The van der Waals surface area contributed by atoms with Crippen molar-refractivity contribution in [2.75, 3.05) is 32.1 Å². The van der Waals surface area contributed by atoms with Crippen molar-refractivity contribution in [3.63, 3.8) is 0 Å². The van der Waals surface area contributed by atoms with Crippen LogP contribution in [0.25, 0.3) is 11.1 Å². The first-order valence-electron chi connectivity index (χ1n) is 13.5. The van der Waals surface area contributed by atoms with Crippen LogP contribution in [-0.2, 0) is 31.5 Å². The Kier molecular flexibility index (Phi) is 7.01. The van der Waals surface area contributed by atoms with E-state index in [9.17, 15) is 13.2 Å². The van der Waals surface area contributed by atoms with Crippen LogP contribution in [0, 0.1) is 5.41 Å². The molecule has 0 aromatic heterocycles. The molecule has 3 heterocycles. The second-order valence-electron chi connectivity index (χ2n) is 12.6. The zero-order valence-corrected chi connectivity index (χ0v) is 23.7. The Labute approximate surface area is 226 Å². The van der Waals surface area contributed by atoms with Crippen LogP contribution in [0.5, 0.6) is 5.75 Å². The second kappa shape index (κ2) is 9.87. The number of ether oxygens (including phenoxy) is 3. The van der Waals surface area contributed by atoms with Crippen molar-refractivity contribution in [1.29, 1.82) is 0 Å². The summed E-state index contributed by atoms with van der Waals surface area (Å²) in [5, 5.41) is 0. The van der Waals surface area contributed by atoms with Crippen LogP contribution in [0.1, 0.15) is 58.1 Å². The van der Waals surface area contributed by atoms with Gasteiger partial charge in [0.25, 0.3) is 0 Å². The van der Waals surface area contributed by atoms with Crippen LogP contribution in [-0.4, -0.2) is 62.7 Å². The molecule has 2 saturated heterocycles. The lowest BCUT2D eigenvalue weighted by molar-refractivity contribution is -0.0870. The van der Waals surface area contributed by atoms with Crippen molar-refractivity contribution in [1.82, 2.24) is 4.90 Å². The zero-order valence-electron chi connectivity index (χ0n) is 22.9. The van der Waals surface area contributed by atoms with Crippen molar-refractivity contribution in [3.8, 4) is 16.9 Å². The summed E-state index contributed by atoms with van der Waals surface area (Å²) in [6.45, 7) is 9.92. The average molecular weight is 542 g/mol. The van der Waals surface area contributed by atoms with Crippen molar-refractivity contribution >= 4 is 15.9 Å². The fourth-order valence-electron chi connectivity index (χ4n) is 5.64. The Morgan fingerprint density at radius 1 is 1.00 bits per heavy atom. The number of piperidine rings is 1. The fraction of sp³-hybridized carbons (Fsp3) is 0.567. The van der Waals surface area contributed by atoms with Gasteiger partial charge in [0, 0.05) is 31.3 Å². The molecule has 3 aliphatic heterocycles. The molecule has 206 valence electrons. The highest BCUT2D eigenvalue weighted by Gasteiger charge is 2.41. The predicted molar refractivity (Wildman–Crippen MR) is 147 cm³/mol. The van der Waals surface area contributed by atoms with Crippen molar-refractivity contribution in [2.24, 2.45) is 5.41 Å². The summed E-state index contributed by atoms with van der Waals surface area (Å²) in [6, 6.07) is 14.1. The lowest BCUT2D eigenvalue weighted by atomic mass is 9.82. The Hall–Kier alpha value is -2.58. The molecular weight excluding hydrogens is 502 g/mol. The first kappa shape index (κ1) is 27.0.